The highest BCUT2D eigenvalue weighted by atomic mass is 19.1. The number of aliphatic hydroxyl groups excluding tert-OH is 1. The van der Waals surface area contributed by atoms with Crippen LogP contribution in [0.15, 0.2) is 18.2 Å². The lowest BCUT2D eigenvalue weighted by Gasteiger charge is -2.32. The summed E-state index contributed by atoms with van der Waals surface area (Å²) in [7, 11) is 1.60. The highest BCUT2D eigenvalue weighted by Gasteiger charge is 2.26. The third kappa shape index (κ3) is 2.87. The summed E-state index contributed by atoms with van der Waals surface area (Å²) in [6.45, 7) is 1.29. The maximum atomic E-state index is 13.6. The molecule has 0 aliphatic carbocycles. The van der Waals surface area contributed by atoms with E-state index in [1.54, 1.807) is 18.0 Å². The van der Waals surface area contributed by atoms with E-state index in [1.807, 2.05) is 0 Å². The first-order valence-corrected chi connectivity index (χ1v) is 6.53. The largest absolute Gasteiger partial charge is 0.396 e. The molecule has 1 aliphatic rings. The van der Waals surface area contributed by atoms with Crippen molar-refractivity contribution in [1.29, 1.82) is 0 Å². The third-order valence-electron chi connectivity index (χ3n) is 3.56. The van der Waals surface area contributed by atoms with E-state index >= 15 is 0 Å². The number of nitrogens with zero attached hydrogens (tertiary/aromatic N) is 1. The van der Waals surface area contributed by atoms with Gasteiger partial charge in [0.05, 0.1) is 11.3 Å². The maximum absolute atomic E-state index is 13.6. The van der Waals surface area contributed by atoms with Crippen LogP contribution in [0.2, 0.25) is 0 Å². The summed E-state index contributed by atoms with van der Waals surface area (Å²) < 4.78 is 13.6. The Bertz CT molecular complexity index is 465. The van der Waals surface area contributed by atoms with Crippen LogP contribution in [0.1, 0.15) is 23.2 Å². The van der Waals surface area contributed by atoms with Crippen LogP contribution in [0, 0.1) is 11.7 Å². The van der Waals surface area contributed by atoms with Crippen LogP contribution >= 0.6 is 0 Å². The summed E-state index contributed by atoms with van der Waals surface area (Å²) in [5.74, 6) is -0.477. The Morgan fingerprint density at radius 3 is 3.05 bits per heavy atom. The smallest absolute Gasteiger partial charge is 0.256 e. The van der Waals surface area contributed by atoms with Crippen molar-refractivity contribution < 1.29 is 14.3 Å². The zero-order chi connectivity index (χ0) is 13.8. The number of hydrogen-bond acceptors (Lipinski definition) is 3. The summed E-state index contributed by atoms with van der Waals surface area (Å²) in [4.78, 5) is 14.1. The highest BCUT2D eigenvalue weighted by Crippen LogP contribution is 2.24. The standard InChI is InChI=1S/C14H19FN2O2/c1-16-13-11(5-2-6-12(13)15)14(19)17-7-3-4-10(8-17)9-18/h2,5-6,10,16,18H,3-4,7-9H2,1H3. The van der Waals surface area contributed by atoms with Gasteiger partial charge in [0.15, 0.2) is 0 Å². The monoisotopic (exact) mass is 266 g/mol. The van der Waals surface area contributed by atoms with Gasteiger partial charge in [-0.05, 0) is 30.9 Å². The van der Waals surface area contributed by atoms with Gasteiger partial charge in [-0.25, -0.2) is 4.39 Å². The van der Waals surface area contributed by atoms with Crippen molar-refractivity contribution in [2.75, 3.05) is 32.1 Å². The van der Waals surface area contributed by atoms with Gasteiger partial charge in [0.25, 0.3) is 5.91 Å². The van der Waals surface area contributed by atoms with Crippen molar-refractivity contribution in [1.82, 2.24) is 4.90 Å². The summed E-state index contributed by atoms with van der Waals surface area (Å²) in [5, 5.41) is 11.9. The number of anilines is 1. The van der Waals surface area contributed by atoms with Gasteiger partial charge in [-0.1, -0.05) is 6.07 Å². The van der Waals surface area contributed by atoms with E-state index in [2.05, 4.69) is 5.32 Å². The average Bonchev–Trinajstić information content (AvgIpc) is 2.46. The van der Waals surface area contributed by atoms with E-state index in [9.17, 15) is 14.3 Å². The Morgan fingerprint density at radius 2 is 2.37 bits per heavy atom. The molecule has 1 unspecified atom stereocenters. The minimum atomic E-state index is -0.427. The maximum Gasteiger partial charge on any atom is 0.256 e. The quantitative estimate of drug-likeness (QED) is 0.875. The molecule has 1 aromatic carbocycles. The molecule has 5 heteroatoms. The van der Waals surface area contributed by atoms with Crippen LogP contribution in [-0.4, -0.2) is 42.7 Å². The summed E-state index contributed by atoms with van der Waals surface area (Å²) in [5.41, 5.74) is 0.583. The highest BCUT2D eigenvalue weighted by molar-refractivity contribution is 5.99. The summed E-state index contributed by atoms with van der Waals surface area (Å²) in [6.07, 6.45) is 1.81. The van der Waals surface area contributed by atoms with Crippen LogP contribution in [0.25, 0.3) is 0 Å². The molecule has 1 amide bonds. The Morgan fingerprint density at radius 1 is 1.58 bits per heavy atom. The molecule has 0 saturated carbocycles. The zero-order valence-corrected chi connectivity index (χ0v) is 11.0. The average molecular weight is 266 g/mol. The van der Waals surface area contributed by atoms with Crippen molar-refractivity contribution in [3.63, 3.8) is 0 Å². The van der Waals surface area contributed by atoms with Crippen molar-refractivity contribution in [3.8, 4) is 0 Å². The number of aliphatic hydroxyl groups is 1. The minimum Gasteiger partial charge on any atom is -0.396 e. The van der Waals surface area contributed by atoms with E-state index in [4.69, 9.17) is 0 Å². The van der Waals surface area contributed by atoms with E-state index < -0.39 is 5.82 Å². The molecule has 1 aromatic rings. The fourth-order valence-corrected chi connectivity index (χ4v) is 2.53. The van der Waals surface area contributed by atoms with Gasteiger partial charge in [0.1, 0.15) is 5.82 Å². The van der Waals surface area contributed by atoms with Crippen LogP contribution in [0.3, 0.4) is 0 Å². The van der Waals surface area contributed by atoms with Gasteiger partial charge in [-0.3, -0.25) is 4.79 Å². The molecule has 1 aliphatic heterocycles. The van der Waals surface area contributed by atoms with Crippen molar-refractivity contribution >= 4 is 11.6 Å². The Balaban J connectivity index is 2.22. The topological polar surface area (TPSA) is 52.6 Å². The lowest BCUT2D eigenvalue weighted by Crippen LogP contribution is -2.41. The minimum absolute atomic E-state index is 0.0891. The second-order valence-electron chi connectivity index (χ2n) is 4.85. The Kier molecular flexibility index (Phi) is 4.37. The molecular formula is C14H19FN2O2. The molecular weight excluding hydrogens is 247 g/mol. The molecule has 1 heterocycles. The number of amides is 1. The molecule has 1 fully saturated rings. The number of nitrogens with one attached hydrogen (secondary N) is 1. The van der Waals surface area contributed by atoms with Gasteiger partial charge in [0.2, 0.25) is 0 Å². The van der Waals surface area contributed by atoms with Gasteiger partial charge in [0, 0.05) is 26.7 Å². The molecule has 19 heavy (non-hydrogen) atoms. The van der Waals surface area contributed by atoms with Gasteiger partial charge >= 0.3 is 0 Å². The van der Waals surface area contributed by atoms with Crippen LogP contribution in [-0.2, 0) is 0 Å². The lowest BCUT2D eigenvalue weighted by atomic mass is 9.98. The second kappa shape index (κ2) is 6.02. The first-order chi connectivity index (χ1) is 9.17. The van der Waals surface area contributed by atoms with Crippen molar-refractivity contribution in [3.05, 3.63) is 29.6 Å². The van der Waals surface area contributed by atoms with E-state index in [0.717, 1.165) is 12.8 Å². The normalized spacial score (nSPS) is 19.3. The molecule has 0 radical (unpaired) electrons. The van der Waals surface area contributed by atoms with E-state index in [0.29, 0.717) is 18.7 Å². The van der Waals surface area contributed by atoms with Crippen LogP contribution in [0.5, 0.6) is 0 Å². The summed E-state index contributed by atoms with van der Waals surface area (Å²) in [6, 6.07) is 4.49. The van der Waals surface area contributed by atoms with Crippen LogP contribution < -0.4 is 5.32 Å². The number of para-hydroxylation sites is 1. The molecule has 0 bridgehead atoms. The number of benzene rings is 1. The fraction of sp³-hybridized carbons (Fsp3) is 0.500. The summed E-state index contributed by atoms with van der Waals surface area (Å²) >= 11 is 0. The predicted molar refractivity (Wildman–Crippen MR) is 71.7 cm³/mol. The number of likely N-dealkylation sites (tertiary alicyclic amines) is 1. The van der Waals surface area contributed by atoms with Gasteiger partial charge in [-0.2, -0.15) is 0 Å². The number of halogens is 1. The molecule has 2 N–H and O–H groups in total. The number of piperidine rings is 1. The van der Waals surface area contributed by atoms with Crippen molar-refractivity contribution in [2.45, 2.75) is 12.8 Å². The number of carbonyl (C=O) groups is 1. The molecule has 1 saturated heterocycles. The Labute approximate surface area is 112 Å². The molecule has 0 spiro atoms. The number of carbonyl (C=O) groups excluding carboxylic acids is 1. The first kappa shape index (κ1) is 13.8. The fourth-order valence-electron chi connectivity index (χ4n) is 2.53. The second-order valence-corrected chi connectivity index (χ2v) is 4.85. The first-order valence-electron chi connectivity index (χ1n) is 6.53. The van der Waals surface area contributed by atoms with Crippen molar-refractivity contribution in [2.24, 2.45) is 5.92 Å². The van der Waals surface area contributed by atoms with Gasteiger partial charge in [-0.15, -0.1) is 0 Å². The molecule has 1 atom stereocenters. The SMILES string of the molecule is CNc1c(F)cccc1C(=O)N1CCCC(CO)C1. The zero-order valence-electron chi connectivity index (χ0n) is 11.0. The predicted octanol–water partition coefficient (Wildman–Crippen LogP) is 1.71. The lowest BCUT2D eigenvalue weighted by molar-refractivity contribution is 0.0621. The van der Waals surface area contributed by atoms with Crippen LogP contribution in [0.4, 0.5) is 10.1 Å². The molecule has 4 nitrogen and oxygen atoms in total. The third-order valence-corrected chi connectivity index (χ3v) is 3.56. The molecule has 0 aromatic heterocycles. The Hall–Kier alpha value is -1.62. The molecule has 104 valence electrons. The van der Waals surface area contributed by atoms with E-state index in [-0.39, 0.29) is 24.1 Å². The van der Waals surface area contributed by atoms with Gasteiger partial charge < -0.3 is 15.3 Å². The molecule has 2 rings (SSSR count). The number of rotatable bonds is 3. The number of hydrogen-bond donors (Lipinski definition) is 2. The van der Waals surface area contributed by atoms with E-state index in [1.165, 1.54) is 12.1 Å².